The number of nitrogens with one attached hydrogen (secondary N) is 1. The Hall–Kier alpha value is -2.96. The van der Waals surface area contributed by atoms with Crippen LogP contribution in [0.25, 0.3) is 10.9 Å². The van der Waals surface area contributed by atoms with Crippen molar-refractivity contribution in [3.8, 4) is 0 Å². The molecular weight excluding hydrogens is 358 g/mol. The van der Waals surface area contributed by atoms with E-state index in [2.05, 4.69) is 10.3 Å². The molecule has 0 saturated carbocycles. The van der Waals surface area contributed by atoms with Gasteiger partial charge in [-0.2, -0.15) is 0 Å². The Morgan fingerprint density at radius 1 is 1.18 bits per heavy atom. The number of hydrogen-bond donors (Lipinski definition) is 2. The van der Waals surface area contributed by atoms with Crippen LogP contribution in [-0.2, 0) is 9.59 Å². The van der Waals surface area contributed by atoms with Crippen LogP contribution in [0.4, 0.5) is 0 Å². The smallest absolute Gasteiger partial charge is 0.326 e. The van der Waals surface area contributed by atoms with E-state index in [0.717, 1.165) is 5.39 Å². The molecule has 1 saturated heterocycles. The number of hydrogen-bond acceptors (Lipinski definition) is 4. The van der Waals surface area contributed by atoms with Gasteiger partial charge in [0.05, 0.1) is 5.52 Å². The third-order valence-electron chi connectivity index (χ3n) is 5.04. The number of carboxylic acids is 1. The highest BCUT2D eigenvalue weighted by molar-refractivity contribution is 5.98. The average Bonchev–Trinajstić information content (AvgIpc) is 3.14. The van der Waals surface area contributed by atoms with Gasteiger partial charge >= 0.3 is 5.97 Å². The van der Waals surface area contributed by atoms with Gasteiger partial charge in [-0.3, -0.25) is 9.59 Å². The molecule has 0 bridgehead atoms. The van der Waals surface area contributed by atoms with Crippen molar-refractivity contribution in [2.24, 2.45) is 5.41 Å². The molecule has 1 fully saturated rings. The Balaban J connectivity index is 1.84. The minimum atomic E-state index is -1.01. The van der Waals surface area contributed by atoms with E-state index in [9.17, 15) is 19.5 Å². The van der Waals surface area contributed by atoms with E-state index >= 15 is 0 Å². The lowest BCUT2D eigenvalue weighted by Crippen LogP contribution is -2.56. The fraction of sp³-hybridized carbons (Fsp3) is 0.429. The van der Waals surface area contributed by atoms with Crippen LogP contribution in [0.2, 0.25) is 0 Å². The van der Waals surface area contributed by atoms with Gasteiger partial charge in [-0.25, -0.2) is 9.78 Å². The van der Waals surface area contributed by atoms with Crippen LogP contribution < -0.4 is 5.32 Å². The van der Waals surface area contributed by atoms with Crippen LogP contribution in [0, 0.1) is 5.41 Å². The molecular formula is C21H25N3O4. The number of carbonyl (C=O) groups excluding carboxylic acids is 2. The molecule has 28 heavy (non-hydrogen) atoms. The molecule has 0 unspecified atom stereocenters. The van der Waals surface area contributed by atoms with Crippen molar-refractivity contribution >= 4 is 28.7 Å². The second-order valence-electron chi connectivity index (χ2n) is 8.19. The Morgan fingerprint density at radius 3 is 2.57 bits per heavy atom. The summed E-state index contributed by atoms with van der Waals surface area (Å²) in [4.78, 5) is 43.1. The first-order valence-electron chi connectivity index (χ1n) is 9.38. The molecule has 2 N–H and O–H groups in total. The number of carboxylic acid groups (broad SMARTS) is 1. The van der Waals surface area contributed by atoms with Crippen molar-refractivity contribution in [2.75, 3.05) is 6.54 Å². The predicted octanol–water partition coefficient (Wildman–Crippen LogP) is 2.45. The number of amides is 2. The van der Waals surface area contributed by atoms with Gasteiger partial charge in [0.1, 0.15) is 17.8 Å². The number of benzene rings is 1. The molecule has 7 heteroatoms. The normalized spacial score (nSPS) is 18.1. The van der Waals surface area contributed by atoms with Gasteiger partial charge < -0.3 is 15.3 Å². The molecule has 0 spiro atoms. The van der Waals surface area contributed by atoms with Crippen LogP contribution >= 0.6 is 0 Å². The highest BCUT2D eigenvalue weighted by Gasteiger charge is 2.42. The number of nitrogens with zero attached hydrogens (tertiary/aromatic N) is 2. The van der Waals surface area contributed by atoms with Crippen LogP contribution in [0.5, 0.6) is 0 Å². The summed E-state index contributed by atoms with van der Waals surface area (Å²) >= 11 is 0. The lowest BCUT2D eigenvalue weighted by molar-refractivity contribution is -0.150. The number of carbonyl (C=O) groups is 3. The lowest BCUT2D eigenvalue weighted by atomic mass is 9.85. The number of aromatic nitrogens is 1. The molecule has 148 valence electrons. The highest BCUT2D eigenvalue weighted by Crippen LogP contribution is 2.26. The molecule has 2 aromatic rings. The summed E-state index contributed by atoms with van der Waals surface area (Å²) in [5, 5.41) is 13.1. The minimum absolute atomic E-state index is 0.219. The second kappa shape index (κ2) is 7.58. The maximum atomic E-state index is 13.1. The quantitative estimate of drug-likeness (QED) is 0.845. The fourth-order valence-corrected chi connectivity index (χ4v) is 3.50. The second-order valence-corrected chi connectivity index (χ2v) is 8.19. The molecule has 2 atom stereocenters. The van der Waals surface area contributed by atoms with Crippen molar-refractivity contribution in [2.45, 2.75) is 45.7 Å². The molecule has 1 aliphatic rings. The summed E-state index contributed by atoms with van der Waals surface area (Å²) in [6.07, 6.45) is 1.07. The maximum absolute atomic E-state index is 13.1. The van der Waals surface area contributed by atoms with E-state index in [1.165, 1.54) is 4.90 Å². The van der Waals surface area contributed by atoms with Crippen LogP contribution in [0.1, 0.15) is 44.1 Å². The van der Waals surface area contributed by atoms with Gasteiger partial charge in [0.25, 0.3) is 5.91 Å². The molecule has 1 aliphatic heterocycles. The van der Waals surface area contributed by atoms with E-state index in [4.69, 9.17) is 0 Å². The van der Waals surface area contributed by atoms with E-state index < -0.39 is 29.4 Å². The largest absolute Gasteiger partial charge is 0.480 e. The first-order chi connectivity index (χ1) is 13.2. The van der Waals surface area contributed by atoms with Crippen molar-refractivity contribution in [1.29, 1.82) is 0 Å². The molecule has 2 heterocycles. The summed E-state index contributed by atoms with van der Waals surface area (Å²) in [5.41, 5.74) is 0.325. The molecule has 0 aliphatic carbocycles. The Morgan fingerprint density at radius 2 is 1.89 bits per heavy atom. The summed E-state index contributed by atoms with van der Waals surface area (Å²) in [7, 11) is 0. The Bertz CT molecular complexity index is 919. The maximum Gasteiger partial charge on any atom is 0.326 e. The van der Waals surface area contributed by atoms with E-state index in [1.807, 2.05) is 51.1 Å². The number of rotatable bonds is 4. The Labute approximate surface area is 163 Å². The predicted molar refractivity (Wildman–Crippen MR) is 105 cm³/mol. The summed E-state index contributed by atoms with van der Waals surface area (Å²) in [6.45, 7) is 5.91. The van der Waals surface area contributed by atoms with E-state index in [1.54, 1.807) is 6.07 Å². The fourth-order valence-electron chi connectivity index (χ4n) is 3.50. The third kappa shape index (κ3) is 3.98. The lowest BCUT2D eigenvalue weighted by Gasteiger charge is -2.34. The molecule has 1 aromatic carbocycles. The Kier molecular flexibility index (Phi) is 5.36. The number of pyridine rings is 1. The van der Waals surface area contributed by atoms with E-state index in [-0.39, 0.29) is 11.6 Å². The number of fused-ring (bicyclic) bond motifs is 1. The standard InChI is InChI=1S/C21H25N3O4/c1-21(2,3)17(19(26)24-12-6-9-16(24)20(27)28)23-18(25)15-11-10-13-7-4-5-8-14(13)22-15/h4-5,7-8,10-11,16-17H,6,9,12H2,1-3H3,(H,23,25)(H,27,28)/t16-,17-/m1/s1. The topological polar surface area (TPSA) is 99.6 Å². The average molecular weight is 383 g/mol. The SMILES string of the molecule is CC(C)(C)[C@H](NC(=O)c1ccc2ccccc2n1)C(=O)N1CCC[C@@H]1C(=O)O. The minimum Gasteiger partial charge on any atom is -0.480 e. The van der Waals surface area contributed by atoms with E-state index in [0.29, 0.717) is 24.9 Å². The van der Waals surface area contributed by atoms with Gasteiger partial charge in [-0.15, -0.1) is 0 Å². The van der Waals surface area contributed by atoms with Gasteiger partial charge in [0, 0.05) is 11.9 Å². The zero-order valence-electron chi connectivity index (χ0n) is 16.3. The third-order valence-corrected chi connectivity index (χ3v) is 5.04. The molecule has 3 rings (SSSR count). The van der Waals surface area contributed by atoms with Crippen LogP contribution in [0.3, 0.4) is 0 Å². The molecule has 1 aromatic heterocycles. The zero-order valence-corrected chi connectivity index (χ0v) is 16.3. The van der Waals surface area contributed by atoms with Crippen LogP contribution in [0.15, 0.2) is 36.4 Å². The van der Waals surface area contributed by atoms with Gasteiger partial charge in [-0.1, -0.05) is 45.0 Å². The molecule has 2 amide bonds. The van der Waals surface area contributed by atoms with Gasteiger partial charge in [-0.05, 0) is 30.4 Å². The number of para-hydroxylation sites is 1. The first kappa shape index (κ1) is 19.8. The van der Waals surface area contributed by atoms with Crippen molar-refractivity contribution in [3.63, 3.8) is 0 Å². The molecule has 0 radical (unpaired) electrons. The summed E-state index contributed by atoms with van der Waals surface area (Å²) in [5.74, 6) is -1.84. The summed E-state index contributed by atoms with van der Waals surface area (Å²) in [6, 6.07) is 9.21. The first-order valence-corrected chi connectivity index (χ1v) is 9.38. The van der Waals surface area contributed by atoms with Crippen molar-refractivity contribution in [3.05, 3.63) is 42.1 Å². The monoisotopic (exact) mass is 383 g/mol. The highest BCUT2D eigenvalue weighted by atomic mass is 16.4. The van der Waals surface area contributed by atoms with Gasteiger partial charge in [0.15, 0.2) is 0 Å². The number of likely N-dealkylation sites (tertiary alicyclic amines) is 1. The number of aliphatic carboxylic acids is 1. The van der Waals surface area contributed by atoms with Crippen molar-refractivity contribution in [1.82, 2.24) is 15.2 Å². The van der Waals surface area contributed by atoms with Crippen LogP contribution in [-0.4, -0.2) is 51.4 Å². The summed E-state index contributed by atoms with van der Waals surface area (Å²) < 4.78 is 0. The van der Waals surface area contributed by atoms with Crippen molar-refractivity contribution < 1.29 is 19.5 Å². The molecule has 7 nitrogen and oxygen atoms in total. The zero-order chi connectivity index (χ0) is 20.5. The van der Waals surface area contributed by atoms with Gasteiger partial charge in [0.2, 0.25) is 5.91 Å².